The quantitative estimate of drug-likeness (QED) is 0.833. The topological polar surface area (TPSA) is 60.9 Å². The van der Waals surface area contributed by atoms with E-state index in [-0.39, 0.29) is 18.6 Å². The number of carbonyl (C=O) groups excluding carboxylic acids is 1. The molecule has 5 nitrogen and oxygen atoms in total. The molecule has 19 heavy (non-hydrogen) atoms. The summed E-state index contributed by atoms with van der Waals surface area (Å²) in [5, 5.41) is 8.95. The lowest BCUT2D eigenvalue weighted by molar-refractivity contribution is -0.138. The van der Waals surface area contributed by atoms with Crippen LogP contribution in [0.3, 0.4) is 0 Å². The molecule has 2 amide bonds. The fourth-order valence-electron chi connectivity index (χ4n) is 2.46. The molecule has 110 valence electrons. The van der Waals surface area contributed by atoms with E-state index < -0.39 is 5.97 Å². The molecule has 0 saturated carbocycles. The standard InChI is InChI=1S/C14H26N2O3/c1-5-11(4)16(9-13(17)18)14(19)15-7-6-12(8-15)10(2)3/h10-12H,5-9H2,1-4H3,(H,17,18). The second-order valence-electron chi connectivity index (χ2n) is 5.80. The van der Waals surface area contributed by atoms with Gasteiger partial charge >= 0.3 is 12.0 Å². The molecule has 0 aromatic rings. The van der Waals surface area contributed by atoms with Crippen LogP contribution < -0.4 is 0 Å². The monoisotopic (exact) mass is 270 g/mol. The predicted octanol–water partition coefficient (Wildman–Crippen LogP) is 2.27. The summed E-state index contributed by atoms with van der Waals surface area (Å²) in [5.74, 6) is 0.148. The first kappa shape index (κ1) is 15.8. The third kappa shape index (κ3) is 4.11. The highest BCUT2D eigenvalue weighted by Gasteiger charge is 2.32. The minimum atomic E-state index is -0.951. The van der Waals surface area contributed by atoms with E-state index in [4.69, 9.17) is 5.11 Å². The van der Waals surface area contributed by atoms with E-state index in [0.717, 1.165) is 25.9 Å². The van der Waals surface area contributed by atoms with E-state index in [1.165, 1.54) is 4.90 Å². The van der Waals surface area contributed by atoms with Crippen LogP contribution in [-0.4, -0.2) is 52.6 Å². The molecule has 5 heteroatoms. The largest absolute Gasteiger partial charge is 0.480 e. The molecule has 0 bridgehead atoms. The van der Waals surface area contributed by atoms with Crippen LogP contribution in [0.4, 0.5) is 4.79 Å². The summed E-state index contributed by atoms with van der Waals surface area (Å²) in [6.45, 7) is 9.49. The third-order valence-electron chi connectivity index (χ3n) is 4.11. The van der Waals surface area contributed by atoms with Crippen molar-refractivity contribution in [1.29, 1.82) is 0 Å². The molecule has 0 aromatic heterocycles. The summed E-state index contributed by atoms with van der Waals surface area (Å²) in [6, 6.07) is -0.165. The molecule has 0 spiro atoms. The highest BCUT2D eigenvalue weighted by atomic mass is 16.4. The fraction of sp³-hybridized carbons (Fsp3) is 0.857. The van der Waals surface area contributed by atoms with Crippen LogP contribution in [0.2, 0.25) is 0 Å². The minimum absolute atomic E-state index is 0.0401. The van der Waals surface area contributed by atoms with Crippen molar-refractivity contribution >= 4 is 12.0 Å². The predicted molar refractivity (Wildman–Crippen MR) is 74.0 cm³/mol. The Labute approximate surface area is 115 Å². The number of likely N-dealkylation sites (tertiary alicyclic amines) is 1. The van der Waals surface area contributed by atoms with Crippen LogP contribution >= 0.6 is 0 Å². The second kappa shape index (κ2) is 6.78. The summed E-state index contributed by atoms with van der Waals surface area (Å²) >= 11 is 0. The molecule has 0 aromatic carbocycles. The summed E-state index contributed by atoms with van der Waals surface area (Å²) in [7, 11) is 0. The molecule has 1 heterocycles. The Morgan fingerprint density at radius 3 is 2.42 bits per heavy atom. The van der Waals surface area contributed by atoms with Gasteiger partial charge in [-0.25, -0.2) is 4.79 Å². The van der Waals surface area contributed by atoms with Gasteiger partial charge < -0.3 is 14.9 Å². The number of carboxylic acids is 1. The highest BCUT2D eigenvalue weighted by Crippen LogP contribution is 2.25. The normalized spacial score (nSPS) is 20.7. The van der Waals surface area contributed by atoms with Crippen molar-refractivity contribution in [1.82, 2.24) is 9.80 Å². The summed E-state index contributed by atoms with van der Waals surface area (Å²) in [5.41, 5.74) is 0. The van der Waals surface area contributed by atoms with E-state index in [9.17, 15) is 9.59 Å². The van der Waals surface area contributed by atoms with Crippen LogP contribution in [-0.2, 0) is 4.79 Å². The summed E-state index contributed by atoms with van der Waals surface area (Å²) in [4.78, 5) is 26.6. The SMILES string of the molecule is CCC(C)N(CC(=O)O)C(=O)N1CCC(C(C)C)C1. The molecule has 1 fully saturated rings. The summed E-state index contributed by atoms with van der Waals surface area (Å²) < 4.78 is 0. The van der Waals surface area contributed by atoms with Crippen LogP contribution in [0.1, 0.15) is 40.5 Å². The number of rotatable bonds is 5. The highest BCUT2D eigenvalue weighted by molar-refractivity contribution is 5.80. The molecule has 2 atom stereocenters. The molecule has 1 aliphatic rings. The van der Waals surface area contributed by atoms with Crippen molar-refractivity contribution in [2.75, 3.05) is 19.6 Å². The average molecular weight is 270 g/mol. The number of urea groups is 1. The first-order chi connectivity index (χ1) is 8.86. The van der Waals surface area contributed by atoms with Crippen molar-refractivity contribution in [3.05, 3.63) is 0 Å². The Kier molecular flexibility index (Phi) is 5.63. The molecule has 2 unspecified atom stereocenters. The lowest BCUT2D eigenvalue weighted by atomic mass is 9.95. The zero-order chi connectivity index (χ0) is 14.6. The van der Waals surface area contributed by atoms with Crippen molar-refractivity contribution < 1.29 is 14.7 Å². The molecule has 1 rings (SSSR count). The van der Waals surface area contributed by atoms with Gasteiger partial charge in [0.1, 0.15) is 6.54 Å². The number of carbonyl (C=O) groups is 2. The van der Waals surface area contributed by atoms with E-state index in [0.29, 0.717) is 11.8 Å². The van der Waals surface area contributed by atoms with Gasteiger partial charge in [0.25, 0.3) is 0 Å². The molecular formula is C14H26N2O3. The molecular weight excluding hydrogens is 244 g/mol. The Morgan fingerprint density at radius 2 is 2.00 bits per heavy atom. The van der Waals surface area contributed by atoms with E-state index in [2.05, 4.69) is 13.8 Å². The van der Waals surface area contributed by atoms with Crippen LogP contribution in [0, 0.1) is 11.8 Å². The first-order valence-electron chi connectivity index (χ1n) is 7.14. The molecule has 1 aliphatic heterocycles. The maximum absolute atomic E-state index is 12.4. The van der Waals surface area contributed by atoms with Crippen LogP contribution in [0.25, 0.3) is 0 Å². The Hall–Kier alpha value is -1.26. The number of hydrogen-bond donors (Lipinski definition) is 1. The molecule has 0 radical (unpaired) electrons. The van der Waals surface area contributed by atoms with E-state index in [1.54, 1.807) is 4.90 Å². The number of hydrogen-bond acceptors (Lipinski definition) is 2. The molecule has 1 N–H and O–H groups in total. The average Bonchev–Trinajstić information content (AvgIpc) is 2.83. The van der Waals surface area contributed by atoms with Gasteiger partial charge in [-0.2, -0.15) is 0 Å². The van der Waals surface area contributed by atoms with Crippen molar-refractivity contribution in [3.63, 3.8) is 0 Å². The van der Waals surface area contributed by atoms with Crippen molar-refractivity contribution in [2.45, 2.75) is 46.6 Å². The number of aliphatic carboxylic acids is 1. The smallest absolute Gasteiger partial charge is 0.323 e. The van der Waals surface area contributed by atoms with E-state index in [1.807, 2.05) is 13.8 Å². The minimum Gasteiger partial charge on any atom is -0.480 e. The van der Waals surface area contributed by atoms with Gasteiger partial charge in [0.2, 0.25) is 0 Å². The van der Waals surface area contributed by atoms with Gasteiger partial charge in [0.15, 0.2) is 0 Å². The number of carboxylic acid groups (broad SMARTS) is 1. The zero-order valence-electron chi connectivity index (χ0n) is 12.4. The van der Waals surface area contributed by atoms with Crippen LogP contribution in [0.15, 0.2) is 0 Å². The van der Waals surface area contributed by atoms with Crippen molar-refractivity contribution in [2.24, 2.45) is 11.8 Å². The molecule has 0 aliphatic carbocycles. The van der Waals surface area contributed by atoms with Gasteiger partial charge in [0, 0.05) is 19.1 Å². The Bertz CT molecular complexity index is 331. The maximum atomic E-state index is 12.4. The Morgan fingerprint density at radius 1 is 1.37 bits per heavy atom. The van der Waals surface area contributed by atoms with Crippen LogP contribution in [0.5, 0.6) is 0 Å². The van der Waals surface area contributed by atoms with Gasteiger partial charge in [-0.15, -0.1) is 0 Å². The first-order valence-corrected chi connectivity index (χ1v) is 7.14. The van der Waals surface area contributed by atoms with Gasteiger partial charge in [-0.1, -0.05) is 20.8 Å². The van der Waals surface area contributed by atoms with Crippen molar-refractivity contribution in [3.8, 4) is 0 Å². The molecule has 1 saturated heterocycles. The van der Waals surface area contributed by atoms with Gasteiger partial charge in [0.05, 0.1) is 0 Å². The zero-order valence-corrected chi connectivity index (χ0v) is 12.4. The Balaban J connectivity index is 2.69. The number of amides is 2. The fourth-order valence-corrected chi connectivity index (χ4v) is 2.46. The number of nitrogens with zero attached hydrogens (tertiary/aromatic N) is 2. The van der Waals surface area contributed by atoms with Gasteiger partial charge in [-0.3, -0.25) is 4.79 Å². The second-order valence-corrected chi connectivity index (χ2v) is 5.80. The maximum Gasteiger partial charge on any atom is 0.323 e. The third-order valence-corrected chi connectivity index (χ3v) is 4.11. The lowest BCUT2D eigenvalue weighted by Gasteiger charge is -2.31. The summed E-state index contributed by atoms with van der Waals surface area (Å²) in [6.07, 6.45) is 1.78. The van der Waals surface area contributed by atoms with E-state index >= 15 is 0 Å². The van der Waals surface area contributed by atoms with Gasteiger partial charge in [-0.05, 0) is 31.6 Å². The lowest BCUT2D eigenvalue weighted by Crippen LogP contribution is -2.48.